The molecule has 1 aromatic heterocycles. The van der Waals surface area contributed by atoms with E-state index in [9.17, 15) is 9.50 Å². The van der Waals surface area contributed by atoms with Crippen molar-refractivity contribution in [2.24, 2.45) is 0 Å². The SMILES string of the molecule is Cc1c(CN2CCC3(CC2)C[C@@H](O)CO3)[nH]c2ccc(F)cc12. The molecule has 2 aliphatic rings. The average molecular weight is 318 g/mol. The summed E-state index contributed by atoms with van der Waals surface area (Å²) in [6.45, 7) is 5.31. The van der Waals surface area contributed by atoms with Crippen molar-refractivity contribution >= 4 is 10.9 Å². The Hall–Kier alpha value is -1.43. The van der Waals surface area contributed by atoms with Gasteiger partial charge in [0.1, 0.15) is 5.82 Å². The van der Waals surface area contributed by atoms with Gasteiger partial charge in [0.2, 0.25) is 0 Å². The highest BCUT2D eigenvalue weighted by Crippen LogP contribution is 2.36. The molecule has 2 N–H and O–H groups in total. The van der Waals surface area contributed by atoms with Gasteiger partial charge in [-0.1, -0.05) is 0 Å². The fraction of sp³-hybridized carbons (Fsp3) is 0.556. The molecule has 1 atom stereocenters. The zero-order valence-electron chi connectivity index (χ0n) is 13.4. The summed E-state index contributed by atoms with van der Waals surface area (Å²) in [5.41, 5.74) is 3.19. The van der Waals surface area contributed by atoms with E-state index in [1.807, 2.05) is 0 Å². The summed E-state index contributed by atoms with van der Waals surface area (Å²) < 4.78 is 19.3. The predicted molar refractivity (Wildman–Crippen MR) is 86.8 cm³/mol. The lowest BCUT2D eigenvalue weighted by molar-refractivity contribution is -0.0458. The van der Waals surface area contributed by atoms with Gasteiger partial charge >= 0.3 is 0 Å². The molecule has 4 rings (SSSR count). The first-order valence-electron chi connectivity index (χ1n) is 8.36. The third-order valence-corrected chi connectivity index (χ3v) is 5.46. The van der Waals surface area contributed by atoms with E-state index in [4.69, 9.17) is 4.74 Å². The first-order chi connectivity index (χ1) is 11.0. The van der Waals surface area contributed by atoms with Crippen molar-refractivity contribution in [3.8, 4) is 0 Å². The maximum Gasteiger partial charge on any atom is 0.123 e. The van der Waals surface area contributed by atoms with Crippen LogP contribution in [0.3, 0.4) is 0 Å². The van der Waals surface area contributed by atoms with Gasteiger partial charge in [0.05, 0.1) is 18.3 Å². The van der Waals surface area contributed by atoms with Crippen LogP contribution in [0.2, 0.25) is 0 Å². The van der Waals surface area contributed by atoms with Crippen LogP contribution in [0, 0.1) is 12.7 Å². The largest absolute Gasteiger partial charge is 0.391 e. The Morgan fingerprint density at radius 2 is 2.17 bits per heavy atom. The van der Waals surface area contributed by atoms with Crippen molar-refractivity contribution in [1.82, 2.24) is 9.88 Å². The Morgan fingerprint density at radius 1 is 1.39 bits per heavy atom. The van der Waals surface area contributed by atoms with Gasteiger partial charge in [-0.15, -0.1) is 0 Å². The van der Waals surface area contributed by atoms with Crippen LogP contribution in [-0.2, 0) is 11.3 Å². The van der Waals surface area contributed by atoms with E-state index in [1.165, 1.54) is 6.07 Å². The van der Waals surface area contributed by atoms with Crippen LogP contribution in [-0.4, -0.2) is 46.4 Å². The van der Waals surface area contributed by atoms with Crippen molar-refractivity contribution in [2.75, 3.05) is 19.7 Å². The fourth-order valence-corrected chi connectivity index (χ4v) is 4.02. The maximum atomic E-state index is 13.4. The Labute approximate surface area is 135 Å². The minimum Gasteiger partial charge on any atom is -0.391 e. The Morgan fingerprint density at radius 3 is 2.87 bits per heavy atom. The molecular weight excluding hydrogens is 295 g/mol. The van der Waals surface area contributed by atoms with E-state index >= 15 is 0 Å². The second-order valence-corrected chi connectivity index (χ2v) is 7.05. The summed E-state index contributed by atoms with van der Waals surface area (Å²) >= 11 is 0. The Kier molecular flexibility index (Phi) is 3.67. The Balaban J connectivity index is 1.46. The topological polar surface area (TPSA) is 48.5 Å². The number of H-pyrrole nitrogens is 1. The number of fused-ring (bicyclic) bond motifs is 1. The summed E-state index contributed by atoms with van der Waals surface area (Å²) in [5, 5.41) is 10.7. The molecule has 0 unspecified atom stereocenters. The van der Waals surface area contributed by atoms with Gasteiger partial charge < -0.3 is 14.8 Å². The molecule has 0 saturated carbocycles. The number of likely N-dealkylation sites (tertiary alicyclic amines) is 1. The minimum atomic E-state index is -0.299. The summed E-state index contributed by atoms with van der Waals surface area (Å²) in [5.74, 6) is -0.192. The highest BCUT2D eigenvalue weighted by molar-refractivity contribution is 5.84. The molecule has 1 spiro atoms. The molecule has 2 aliphatic heterocycles. The summed E-state index contributed by atoms with van der Waals surface area (Å²) in [6, 6.07) is 4.90. The number of rotatable bonds is 2. The van der Waals surface area contributed by atoms with Gasteiger partial charge in [-0.3, -0.25) is 4.90 Å². The zero-order valence-corrected chi connectivity index (χ0v) is 13.4. The van der Waals surface area contributed by atoms with Crippen LogP contribution in [0.25, 0.3) is 10.9 Å². The predicted octanol–water partition coefficient (Wildman–Crippen LogP) is 2.73. The Bertz CT molecular complexity index is 719. The molecule has 5 heteroatoms. The van der Waals surface area contributed by atoms with Gasteiger partial charge in [0, 0.05) is 42.7 Å². The third kappa shape index (κ3) is 2.77. The van der Waals surface area contributed by atoms with E-state index in [0.717, 1.165) is 61.1 Å². The number of aliphatic hydroxyl groups excluding tert-OH is 1. The van der Waals surface area contributed by atoms with Crippen LogP contribution in [0.1, 0.15) is 30.5 Å². The monoisotopic (exact) mass is 318 g/mol. The van der Waals surface area contributed by atoms with Crippen molar-refractivity contribution in [3.63, 3.8) is 0 Å². The van der Waals surface area contributed by atoms with E-state index in [0.29, 0.717) is 6.61 Å². The molecule has 124 valence electrons. The molecule has 4 nitrogen and oxygen atoms in total. The molecule has 1 aromatic carbocycles. The van der Waals surface area contributed by atoms with Crippen LogP contribution in [0.4, 0.5) is 4.39 Å². The van der Waals surface area contributed by atoms with Crippen molar-refractivity contribution in [1.29, 1.82) is 0 Å². The molecule has 0 aliphatic carbocycles. The number of nitrogens with zero attached hydrogens (tertiary/aromatic N) is 1. The fourth-order valence-electron chi connectivity index (χ4n) is 4.02. The normalized spacial score (nSPS) is 24.7. The number of aromatic amines is 1. The molecule has 0 radical (unpaired) electrons. The standard InChI is InChI=1S/C18H23FN2O2/c1-12-15-8-13(19)2-3-16(15)20-17(12)10-21-6-4-18(5-7-21)9-14(22)11-23-18/h2-3,8,14,20,22H,4-7,9-11H2,1H3/t14-/m1/s1. The molecule has 2 saturated heterocycles. The second-order valence-electron chi connectivity index (χ2n) is 7.05. The van der Waals surface area contributed by atoms with Crippen LogP contribution in [0.15, 0.2) is 18.2 Å². The molecular formula is C18H23FN2O2. The minimum absolute atomic E-state index is 0.103. The maximum absolute atomic E-state index is 13.4. The number of halogens is 1. The smallest absolute Gasteiger partial charge is 0.123 e. The first kappa shape index (κ1) is 15.1. The summed E-state index contributed by atoms with van der Waals surface area (Å²) in [6.07, 6.45) is 2.41. The third-order valence-electron chi connectivity index (χ3n) is 5.46. The highest BCUT2D eigenvalue weighted by atomic mass is 19.1. The van der Waals surface area contributed by atoms with Gasteiger partial charge in [-0.2, -0.15) is 0 Å². The van der Waals surface area contributed by atoms with Crippen LogP contribution >= 0.6 is 0 Å². The molecule has 0 amide bonds. The van der Waals surface area contributed by atoms with Crippen LogP contribution in [0.5, 0.6) is 0 Å². The highest BCUT2D eigenvalue weighted by Gasteiger charge is 2.42. The van der Waals surface area contributed by atoms with Crippen molar-refractivity contribution in [3.05, 3.63) is 35.3 Å². The number of benzene rings is 1. The lowest BCUT2D eigenvalue weighted by atomic mass is 9.88. The first-order valence-corrected chi connectivity index (χ1v) is 8.36. The number of ether oxygens (including phenoxy) is 1. The molecule has 3 heterocycles. The molecule has 2 aromatic rings. The number of aryl methyl sites for hydroxylation is 1. The lowest BCUT2D eigenvalue weighted by Gasteiger charge is -2.38. The second kappa shape index (κ2) is 5.58. The van der Waals surface area contributed by atoms with Crippen molar-refractivity contribution < 1.29 is 14.2 Å². The van der Waals surface area contributed by atoms with E-state index in [2.05, 4.69) is 16.8 Å². The molecule has 2 fully saturated rings. The molecule has 0 bridgehead atoms. The van der Waals surface area contributed by atoms with E-state index in [-0.39, 0.29) is 17.5 Å². The quantitative estimate of drug-likeness (QED) is 0.895. The van der Waals surface area contributed by atoms with Crippen molar-refractivity contribution in [2.45, 2.75) is 44.4 Å². The van der Waals surface area contributed by atoms with Gasteiger partial charge in [0.25, 0.3) is 0 Å². The van der Waals surface area contributed by atoms with Gasteiger partial charge in [0.15, 0.2) is 0 Å². The van der Waals surface area contributed by atoms with Gasteiger partial charge in [-0.05, 0) is 43.5 Å². The zero-order chi connectivity index (χ0) is 16.0. The number of hydrogen-bond donors (Lipinski definition) is 2. The van der Waals surface area contributed by atoms with Gasteiger partial charge in [-0.25, -0.2) is 4.39 Å². The van der Waals surface area contributed by atoms with Crippen LogP contribution < -0.4 is 0 Å². The summed E-state index contributed by atoms with van der Waals surface area (Å²) in [7, 11) is 0. The number of piperidine rings is 1. The number of hydrogen-bond acceptors (Lipinski definition) is 3. The molecule has 23 heavy (non-hydrogen) atoms. The number of nitrogens with one attached hydrogen (secondary N) is 1. The summed E-state index contributed by atoms with van der Waals surface area (Å²) in [4.78, 5) is 5.84. The number of aromatic nitrogens is 1. The lowest BCUT2D eigenvalue weighted by Crippen LogP contribution is -2.44. The van der Waals surface area contributed by atoms with E-state index in [1.54, 1.807) is 12.1 Å². The number of aliphatic hydroxyl groups is 1. The van der Waals surface area contributed by atoms with E-state index < -0.39 is 0 Å². The average Bonchev–Trinajstić information content (AvgIpc) is 3.04.